The van der Waals surface area contributed by atoms with E-state index >= 15 is 0 Å². The summed E-state index contributed by atoms with van der Waals surface area (Å²) in [5, 5.41) is 0. The summed E-state index contributed by atoms with van der Waals surface area (Å²) in [5.74, 6) is 0.887. The first kappa shape index (κ1) is 11.7. The predicted octanol–water partition coefficient (Wildman–Crippen LogP) is 1.06. The van der Waals surface area contributed by atoms with Crippen LogP contribution in [-0.2, 0) is 6.42 Å². The fourth-order valence-corrected chi connectivity index (χ4v) is 2.24. The van der Waals surface area contributed by atoms with Crippen molar-refractivity contribution in [1.82, 2.24) is 19.9 Å². The molecule has 6 nitrogen and oxygen atoms in total. The largest absolute Gasteiger partial charge is 0.346 e. The zero-order valence-corrected chi connectivity index (χ0v) is 10.6. The minimum absolute atomic E-state index is 0.199. The van der Waals surface area contributed by atoms with Crippen LogP contribution in [0.4, 0.5) is 0 Å². The van der Waals surface area contributed by atoms with Crippen LogP contribution in [0.5, 0.6) is 0 Å². The van der Waals surface area contributed by atoms with Crippen molar-refractivity contribution in [3.63, 3.8) is 0 Å². The second-order valence-electron chi connectivity index (χ2n) is 4.54. The summed E-state index contributed by atoms with van der Waals surface area (Å²) >= 11 is 0. The quantitative estimate of drug-likeness (QED) is 0.564. The van der Waals surface area contributed by atoms with Crippen molar-refractivity contribution >= 4 is 11.0 Å². The maximum absolute atomic E-state index is 11.2. The average molecular weight is 257 g/mol. The first-order valence-electron chi connectivity index (χ1n) is 6.15. The zero-order valence-electron chi connectivity index (χ0n) is 10.6. The molecule has 3 aromatic rings. The molecule has 0 aliphatic carbocycles. The lowest BCUT2D eigenvalue weighted by Gasteiger charge is -1.98. The van der Waals surface area contributed by atoms with Gasteiger partial charge in [-0.3, -0.25) is 0 Å². The number of nitrogens with one attached hydrogen (secondary N) is 3. The fraction of sp³-hybridized carbons (Fsp3) is 0.231. The molecule has 0 fully saturated rings. The van der Waals surface area contributed by atoms with Crippen LogP contribution in [0.2, 0.25) is 0 Å². The lowest BCUT2D eigenvalue weighted by atomic mass is 10.1. The normalized spacial score (nSPS) is 11.3. The van der Waals surface area contributed by atoms with E-state index in [2.05, 4.69) is 19.9 Å². The minimum atomic E-state index is -0.199. The number of fused-ring (bicyclic) bond motifs is 1. The van der Waals surface area contributed by atoms with Crippen molar-refractivity contribution in [2.45, 2.75) is 13.3 Å². The van der Waals surface area contributed by atoms with Crippen molar-refractivity contribution in [3.05, 3.63) is 40.2 Å². The molecule has 2 aromatic heterocycles. The SMILES string of the molecule is Cc1[nH]c(CCN)nc1-c1ccc2[nH]c(=O)[nH]c2c1. The van der Waals surface area contributed by atoms with Gasteiger partial charge in [0.1, 0.15) is 5.82 Å². The van der Waals surface area contributed by atoms with Gasteiger partial charge in [0.2, 0.25) is 0 Å². The molecule has 0 saturated heterocycles. The maximum atomic E-state index is 11.2. The number of imidazole rings is 2. The highest BCUT2D eigenvalue weighted by molar-refractivity contribution is 5.81. The number of aromatic nitrogens is 4. The smallest absolute Gasteiger partial charge is 0.323 e. The highest BCUT2D eigenvalue weighted by Crippen LogP contribution is 2.23. The number of benzene rings is 1. The Hall–Kier alpha value is -2.34. The molecule has 1 aromatic carbocycles. The van der Waals surface area contributed by atoms with Gasteiger partial charge in [-0.25, -0.2) is 9.78 Å². The summed E-state index contributed by atoms with van der Waals surface area (Å²) in [5.41, 5.74) is 9.78. The molecule has 5 N–H and O–H groups in total. The van der Waals surface area contributed by atoms with Crippen LogP contribution in [0.1, 0.15) is 11.5 Å². The Morgan fingerprint density at radius 2 is 2.00 bits per heavy atom. The van der Waals surface area contributed by atoms with Crippen molar-refractivity contribution in [2.75, 3.05) is 6.54 Å². The molecule has 0 atom stereocenters. The number of aromatic amines is 3. The van der Waals surface area contributed by atoms with Gasteiger partial charge in [-0.2, -0.15) is 0 Å². The molecule has 0 amide bonds. The summed E-state index contributed by atoms with van der Waals surface area (Å²) in [7, 11) is 0. The molecule has 0 bridgehead atoms. The Morgan fingerprint density at radius 1 is 1.21 bits per heavy atom. The maximum Gasteiger partial charge on any atom is 0.323 e. The second-order valence-corrected chi connectivity index (χ2v) is 4.54. The molecule has 0 saturated carbocycles. The van der Waals surface area contributed by atoms with Gasteiger partial charge < -0.3 is 20.7 Å². The number of nitrogens with two attached hydrogens (primary N) is 1. The van der Waals surface area contributed by atoms with E-state index in [-0.39, 0.29) is 5.69 Å². The summed E-state index contributed by atoms with van der Waals surface area (Å²) < 4.78 is 0. The molecule has 6 heteroatoms. The predicted molar refractivity (Wildman–Crippen MR) is 74.0 cm³/mol. The summed E-state index contributed by atoms with van der Waals surface area (Å²) in [6.07, 6.45) is 0.726. The zero-order chi connectivity index (χ0) is 13.4. The fourth-order valence-electron chi connectivity index (χ4n) is 2.24. The molecule has 0 radical (unpaired) electrons. The third kappa shape index (κ3) is 2.06. The third-order valence-corrected chi connectivity index (χ3v) is 3.10. The van der Waals surface area contributed by atoms with E-state index in [9.17, 15) is 4.79 Å². The highest BCUT2D eigenvalue weighted by atomic mass is 16.1. The van der Waals surface area contributed by atoms with Gasteiger partial charge >= 0.3 is 5.69 Å². The van der Waals surface area contributed by atoms with Crippen molar-refractivity contribution in [3.8, 4) is 11.3 Å². The Morgan fingerprint density at radius 3 is 2.79 bits per heavy atom. The Labute approximate surface area is 109 Å². The van der Waals surface area contributed by atoms with Crippen LogP contribution in [-0.4, -0.2) is 26.5 Å². The molecule has 2 heterocycles. The summed E-state index contributed by atoms with van der Waals surface area (Å²) in [4.78, 5) is 24.5. The number of hydrogen-bond acceptors (Lipinski definition) is 3. The molecule has 0 aliphatic heterocycles. The van der Waals surface area contributed by atoms with E-state index in [4.69, 9.17) is 5.73 Å². The highest BCUT2D eigenvalue weighted by Gasteiger charge is 2.10. The van der Waals surface area contributed by atoms with E-state index in [1.54, 1.807) is 0 Å². The molecule has 98 valence electrons. The van der Waals surface area contributed by atoms with E-state index < -0.39 is 0 Å². The molecule has 3 rings (SSSR count). The number of rotatable bonds is 3. The van der Waals surface area contributed by atoms with Gasteiger partial charge in [-0.1, -0.05) is 6.07 Å². The summed E-state index contributed by atoms with van der Waals surface area (Å²) in [6.45, 7) is 2.54. The average Bonchev–Trinajstić information content (AvgIpc) is 2.90. The number of aryl methyl sites for hydroxylation is 1. The van der Waals surface area contributed by atoms with Gasteiger partial charge in [-0.05, 0) is 25.6 Å². The Balaban J connectivity index is 2.10. The molecular formula is C13H15N5O. The van der Waals surface area contributed by atoms with Crippen LogP contribution in [0.3, 0.4) is 0 Å². The van der Waals surface area contributed by atoms with Crippen LogP contribution in [0.25, 0.3) is 22.3 Å². The summed E-state index contributed by atoms with van der Waals surface area (Å²) in [6, 6.07) is 5.74. The van der Waals surface area contributed by atoms with E-state index in [0.717, 1.165) is 40.2 Å². The molecule has 0 spiro atoms. The van der Waals surface area contributed by atoms with E-state index in [1.165, 1.54) is 0 Å². The first-order chi connectivity index (χ1) is 9.17. The van der Waals surface area contributed by atoms with Crippen molar-refractivity contribution < 1.29 is 0 Å². The van der Waals surface area contributed by atoms with Crippen LogP contribution < -0.4 is 11.4 Å². The first-order valence-corrected chi connectivity index (χ1v) is 6.15. The van der Waals surface area contributed by atoms with Crippen molar-refractivity contribution in [2.24, 2.45) is 5.73 Å². The van der Waals surface area contributed by atoms with Gasteiger partial charge in [0.25, 0.3) is 0 Å². The Bertz CT molecular complexity index is 780. The molecule has 0 aliphatic rings. The van der Waals surface area contributed by atoms with Crippen LogP contribution in [0.15, 0.2) is 23.0 Å². The Kier molecular flexibility index (Phi) is 2.72. The van der Waals surface area contributed by atoms with Gasteiger partial charge in [0.05, 0.1) is 16.7 Å². The lowest BCUT2D eigenvalue weighted by Crippen LogP contribution is -2.03. The standard InChI is InChI=1S/C13H15N5O/c1-7-12(18-11(15-7)4-5-14)8-2-3-9-10(6-8)17-13(19)16-9/h2-3,6H,4-5,14H2,1H3,(H,15,18)(H2,16,17,19). The molecular weight excluding hydrogens is 242 g/mol. The third-order valence-electron chi connectivity index (χ3n) is 3.10. The van der Waals surface area contributed by atoms with Gasteiger partial charge in [0.15, 0.2) is 0 Å². The molecule has 19 heavy (non-hydrogen) atoms. The van der Waals surface area contributed by atoms with Crippen molar-refractivity contribution in [1.29, 1.82) is 0 Å². The lowest BCUT2D eigenvalue weighted by molar-refractivity contribution is 0.891. The van der Waals surface area contributed by atoms with Gasteiger partial charge in [-0.15, -0.1) is 0 Å². The topological polar surface area (TPSA) is 103 Å². The van der Waals surface area contributed by atoms with E-state index in [0.29, 0.717) is 6.54 Å². The van der Waals surface area contributed by atoms with Crippen LogP contribution >= 0.6 is 0 Å². The number of H-pyrrole nitrogens is 3. The second kappa shape index (κ2) is 4.40. The number of nitrogens with zero attached hydrogens (tertiary/aromatic N) is 1. The van der Waals surface area contributed by atoms with Crippen LogP contribution in [0, 0.1) is 6.92 Å². The van der Waals surface area contributed by atoms with Gasteiger partial charge in [0, 0.05) is 17.7 Å². The minimum Gasteiger partial charge on any atom is -0.346 e. The van der Waals surface area contributed by atoms with E-state index in [1.807, 2.05) is 25.1 Å². The monoisotopic (exact) mass is 257 g/mol. The number of hydrogen-bond donors (Lipinski definition) is 4. The molecule has 0 unspecified atom stereocenters.